The number of carbonyl (C=O) groups is 1. The summed E-state index contributed by atoms with van der Waals surface area (Å²) in [7, 11) is -0.251. The van der Waals surface area contributed by atoms with Gasteiger partial charge < -0.3 is 14.3 Å². The Morgan fingerprint density at radius 2 is 1.69 bits per heavy atom. The number of aliphatic hydroxyl groups is 1. The second-order valence-electron chi connectivity index (χ2n) is 15.2. The molecule has 4 heterocycles. The van der Waals surface area contributed by atoms with Crippen molar-refractivity contribution >= 4 is 37.3 Å². The van der Waals surface area contributed by atoms with Crippen LogP contribution in [-0.4, -0.2) is 83.4 Å². The zero-order chi connectivity index (χ0) is 36.7. The first-order chi connectivity index (χ1) is 24.1. The number of ketones is 1. The van der Waals surface area contributed by atoms with Crippen LogP contribution in [0.15, 0.2) is 48.7 Å². The molecular weight excluding hydrogens is 701 g/mol. The van der Waals surface area contributed by atoms with Crippen molar-refractivity contribution in [1.82, 2.24) is 24.8 Å². The molecule has 2 aliphatic rings. The van der Waals surface area contributed by atoms with Crippen LogP contribution in [0.25, 0.3) is 22.4 Å². The third kappa shape index (κ3) is 8.07. The van der Waals surface area contributed by atoms with Crippen LogP contribution in [0.4, 0.5) is 0 Å². The van der Waals surface area contributed by atoms with Gasteiger partial charge in [-0.2, -0.15) is 0 Å². The molecule has 0 radical (unpaired) electrons. The Balaban J connectivity index is 1.17. The number of likely N-dealkylation sites (tertiary alicyclic amines) is 1. The number of pyridine rings is 1. The Hall–Kier alpha value is -3.22. The number of fused-ring (bicyclic) bond motifs is 1. The summed E-state index contributed by atoms with van der Waals surface area (Å²) in [5.41, 5.74) is 7.76. The number of rotatable bonds is 12. The fourth-order valence-electron chi connectivity index (χ4n) is 6.36. The molecule has 2 aromatic carbocycles. The number of hydrogen-bond acceptors (Lipinski definition) is 9. The van der Waals surface area contributed by atoms with E-state index in [1.807, 2.05) is 42.5 Å². The smallest absolute Gasteiger partial charge is 0.237 e. The fraction of sp³-hybridized carbons (Fsp3) is 0.436. The highest BCUT2D eigenvalue weighted by Crippen LogP contribution is 2.41. The lowest BCUT2D eigenvalue weighted by molar-refractivity contribution is -0.00403. The van der Waals surface area contributed by atoms with Gasteiger partial charge in [0.2, 0.25) is 5.88 Å². The Labute approximate surface area is 312 Å². The lowest BCUT2D eigenvalue weighted by atomic mass is 9.97. The molecule has 0 saturated carbocycles. The molecule has 9 nitrogen and oxygen atoms in total. The highest BCUT2D eigenvalue weighted by Gasteiger charge is 2.37. The van der Waals surface area contributed by atoms with Crippen LogP contribution < -0.4 is 4.74 Å². The van der Waals surface area contributed by atoms with Crippen LogP contribution in [0.5, 0.6) is 5.88 Å². The topological polar surface area (TPSA) is 101 Å². The molecule has 0 atom stereocenters. The Morgan fingerprint density at radius 3 is 2.37 bits per heavy atom. The van der Waals surface area contributed by atoms with E-state index in [1.54, 1.807) is 13.3 Å². The Bertz CT molecular complexity index is 1940. The summed E-state index contributed by atoms with van der Waals surface area (Å²) in [6.45, 7) is 18.1. The van der Waals surface area contributed by atoms with Crippen molar-refractivity contribution in [1.29, 1.82) is 0 Å². The number of aliphatic hydroxyl groups excluding tert-OH is 1. The lowest BCUT2D eigenvalue weighted by Gasteiger charge is -2.36. The molecule has 0 unspecified atom stereocenters. The van der Waals surface area contributed by atoms with Crippen molar-refractivity contribution in [3.63, 3.8) is 0 Å². The van der Waals surface area contributed by atoms with Gasteiger partial charge in [0.1, 0.15) is 11.4 Å². The number of ether oxygens (including phenoxy) is 1. The van der Waals surface area contributed by atoms with Gasteiger partial charge in [0.15, 0.2) is 14.1 Å². The van der Waals surface area contributed by atoms with Crippen LogP contribution in [0, 0.1) is 6.92 Å². The number of methoxy groups -OCH3 is 1. The molecule has 2 aromatic heterocycles. The van der Waals surface area contributed by atoms with Gasteiger partial charge in [-0.25, -0.2) is 9.97 Å². The molecule has 6 rings (SSSR count). The number of carbonyl (C=O) groups excluding carboxylic acids is 1. The zero-order valence-corrected chi connectivity index (χ0v) is 33.0. The van der Waals surface area contributed by atoms with Crippen molar-refractivity contribution in [2.45, 2.75) is 78.0 Å². The standard InChI is InChI=1S/C39H47Cl2N5O4Si/c1-24-16-31(43-33-22-45(21-30(24)33)14-15-50-51(6,7)39(2,3)4)35(48)17-25-10-8-11-27(36(25)40)28-12-9-13-29(37(28)41)32-18-42-34(38(44-32)49-5)23-46-19-26(47)20-46/h8-13,16,18,26,47H,14-15,17,19-23H2,1-7H3. The van der Waals surface area contributed by atoms with E-state index in [0.717, 1.165) is 35.5 Å². The van der Waals surface area contributed by atoms with E-state index in [9.17, 15) is 9.90 Å². The summed E-state index contributed by atoms with van der Waals surface area (Å²) in [6.07, 6.45) is 1.49. The molecule has 51 heavy (non-hydrogen) atoms. The molecule has 2 aliphatic heterocycles. The number of aromatic nitrogens is 3. The molecule has 1 N–H and O–H groups in total. The van der Waals surface area contributed by atoms with Gasteiger partial charge in [0.05, 0.1) is 40.8 Å². The SMILES string of the molecule is COc1nc(-c2cccc(-c3cccc(CC(=O)c4cc(C)c5c(n4)CN(CCO[Si](C)(C)C(C)(C)C)C5)c3Cl)c2Cl)cnc1CN1CC(O)C1. The second kappa shape index (κ2) is 15.0. The van der Waals surface area contributed by atoms with Gasteiger partial charge in [-0.15, -0.1) is 0 Å². The predicted molar refractivity (Wildman–Crippen MR) is 205 cm³/mol. The molecule has 270 valence electrons. The van der Waals surface area contributed by atoms with Gasteiger partial charge in [0, 0.05) is 69.0 Å². The summed E-state index contributed by atoms with van der Waals surface area (Å²) in [5, 5.41) is 10.7. The quantitative estimate of drug-likeness (QED) is 0.115. The van der Waals surface area contributed by atoms with E-state index >= 15 is 0 Å². The summed E-state index contributed by atoms with van der Waals surface area (Å²) >= 11 is 14.1. The van der Waals surface area contributed by atoms with Crippen LogP contribution >= 0.6 is 23.2 Å². The summed E-state index contributed by atoms with van der Waals surface area (Å²) in [5.74, 6) is 0.322. The molecule has 0 spiro atoms. The first kappa shape index (κ1) is 37.5. The monoisotopic (exact) mass is 747 g/mol. The van der Waals surface area contributed by atoms with E-state index in [1.165, 1.54) is 5.56 Å². The highest BCUT2D eigenvalue weighted by atomic mass is 35.5. The predicted octanol–water partition coefficient (Wildman–Crippen LogP) is 7.77. The average molecular weight is 749 g/mol. The van der Waals surface area contributed by atoms with Crippen molar-refractivity contribution in [2.75, 3.05) is 33.4 Å². The van der Waals surface area contributed by atoms with Gasteiger partial charge in [-0.3, -0.25) is 19.6 Å². The molecule has 0 bridgehead atoms. The summed E-state index contributed by atoms with van der Waals surface area (Å²) in [4.78, 5) is 32.3. The first-order valence-corrected chi connectivity index (χ1v) is 21.1. The Morgan fingerprint density at radius 1 is 1.00 bits per heavy atom. The zero-order valence-electron chi connectivity index (χ0n) is 30.5. The minimum Gasteiger partial charge on any atom is -0.480 e. The summed E-state index contributed by atoms with van der Waals surface area (Å²) < 4.78 is 12.0. The highest BCUT2D eigenvalue weighted by molar-refractivity contribution is 6.74. The van der Waals surface area contributed by atoms with Gasteiger partial charge in [-0.1, -0.05) is 80.4 Å². The van der Waals surface area contributed by atoms with E-state index in [4.69, 9.17) is 42.3 Å². The number of nitrogens with zero attached hydrogens (tertiary/aromatic N) is 5. The van der Waals surface area contributed by atoms with Gasteiger partial charge >= 0.3 is 0 Å². The maximum Gasteiger partial charge on any atom is 0.237 e. The number of β-amino-alcohol motifs (C(OH)–C–C–N with tert-alkyl or cyclic N) is 1. The molecular formula is C39H47Cl2N5O4Si. The van der Waals surface area contributed by atoms with Crippen molar-refractivity contribution < 1.29 is 19.1 Å². The largest absolute Gasteiger partial charge is 0.480 e. The van der Waals surface area contributed by atoms with Gasteiger partial charge in [0.25, 0.3) is 0 Å². The molecule has 12 heteroatoms. The first-order valence-electron chi connectivity index (χ1n) is 17.4. The van der Waals surface area contributed by atoms with Crippen LogP contribution in [0.3, 0.4) is 0 Å². The minimum atomic E-state index is -1.81. The van der Waals surface area contributed by atoms with Crippen molar-refractivity contribution in [2.24, 2.45) is 0 Å². The van der Waals surface area contributed by atoms with E-state index < -0.39 is 8.32 Å². The normalized spacial score (nSPS) is 15.6. The maximum absolute atomic E-state index is 13.7. The second-order valence-corrected chi connectivity index (χ2v) is 20.7. The third-order valence-electron chi connectivity index (χ3n) is 10.5. The molecule has 0 aliphatic carbocycles. The number of benzene rings is 2. The lowest BCUT2D eigenvalue weighted by Crippen LogP contribution is -2.50. The van der Waals surface area contributed by atoms with Gasteiger partial charge in [-0.05, 0) is 47.8 Å². The number of halogens is 2. The third-order valence-corrected chi connectivity index (χ3v) is 15.9. The number of aryl methyl sites for hydroxylation is 1. The van der Waals surface area contributed by atoms with Crippen LogP contribution in [0.2, 0.25) is 28.2 Å². The maximum atomic E-state index is 13.7. The Kier molecular flexibility index (Phi) is 11.1. The van der Waals surface area contributed by atoms with Crippen molar-refractivity contribution in [3.8, 4) is 28.3 Å². The molecule has 1 fully saturated rings. The van der Waals surface area contributed by atoms with Crippen LogP contribution in [-0.2, 0) is 30.5 Å². The molecule has 4 aromatic rings. The average Bonchev–Trinajstić information content (AvgIpc) is 3.48. The van der Waals surface area contributed by atoms with Crippen LogP contribution in [0.1, 0.15) is 59.3 Å². The number of Topliss-reactive ketones (excluding diaryl/α,β-unsaturated/α-hetero) is 1. The van der Waals surface area contributed by atoms with E-state index in [0.29, 0.717) is 76.9 Å². The fourth-order valence-corrected chi connectivity index (χ4v) is 8.01. The molecule has 0 amide bonds. The van der Waals surface area contributed by atoms with Crippen molar-refractivity contribution in [3.05, 3.63) is 92.5 Å². The number of hydrogen-bond donors (Lipinski definition) is 1. The molecule has 1 saturated heterocycles. The minimum absolute atomic E-state index is 0.0882. The van der Waals surface area contributed by atoms with E-state index in [2.05, 4.69) is 55.6 Å². The summed E-state index contributed by atoms with van der Waals surface area (Å²) in [6, 6.07) is 13.3. The van der Waals surface area contributed by atoms with E-state index in [-0.39, 0.29) is 23.3 Å².